The molecular weight excluding hydrogens is 358 g/mol. The molecule has 146 valence electrons. The number of ether oxygens (including phenoxy) is 2. The van der Waals surface area contributed by atoms with Crippen LogP contribution in [-0.2, 0) is 4.79 Å². The van der Waals surface area contributed by atoms with Crippen molar-refractivity contribution in [3.63, 3.8) is 0 Å². The lowest BCUT2D eigenvalue weighted by Gasteiger charge is -2.12. The molecule has 28 heavy (non-hydrogen) atoms. The largest absolute Gasteiger partial charge is 0.548 e. The van der Waals surface area contributed by atoms with Crippen LogP contribution < -0.4 is 19.9 Å². The van der Waals surface area contributed by atoms with Gasteiger partial charge in [-0.25, -0.2) is 0 Å². The van der Waals surface area contributed by atoms with Gasteiger partial charge in [0, 0.05) is 17.0 Å². The third-order valence-electron chi connectivity index (χ3n) is 4.52. The van der Waals surface area contributed by atoms with E-state index in [1.807, 2.05) is 31.2 Å². The molecule has 1 heterocycles. The minimum atomic E-state index is -1.20. The first kappa shape index (κ1) is 19.5. The summed E-state index contributed by atoms with van der Waals surface area (Å²) in [5.41, 5.74) is 2.41. The summed E-state index contributed by atoms with van der Waals surface area (Å²) in [6.07, 6.45) is 0.341. The first-order chi connectivity index (χ1) is 13.5. The molecule has 1 atom stereocenters. The quantitative estimate of drug-likeness (QED) is 0.657. The smallest absolute Gasteiger partial charge is 0.161 e. The maximum Gasteiger partial charge on any atom is 0.161 e. The molecule has 0 amide bonds. The Bertz CT molecular complexity index is 1080. The van der Waals surface area contributed by atoms with Gasteiger partial charge in [0.15, 0.2) is 11.5 Å². The van der Waals surface area contributed by atoms with Gasteiger partial charge in [0.25, 0.3) is 0 Å². The molecule has 0 N–H and O–H groups in total. The lowest BCUT2D eigenvalue weighted by Crippen LogP contribution is -2.35. The van der Waals surface area contributed by atoms with Gasteiger partial charge in [-0.2, -0.15) is 0 Å². The lowest BCUT2D eigenvalue weighted by atomic mass is 10.1. The molecule has 0 bridgehead atoms. The van der Waals surface area contributed by atoms with Gasteiger partial charge < -0.3 is 23.8 Å². The molecule has 0 saturated heterocycles. The third kappa shape index (κ3) is 3.86. The van der Waals surface area contributed by atoms with Gasteiger partial charge in [-0.3, -0.25) is 4.99 Å². The molecule has 0 radical (unpaired) electrons. The van der Waals surface area contributed by atoms with Crippen LogP contribution in [0.2, 0.25) is 0 Å². The van der Waals surface area contributed by atoms with Crippen LogP contribution in [0.4, 0.5) is 0 Å². The SMILES string of the molecule is CC[C@H](N=c1cc(-c2ccc(OC)c(OC)c2)oc2ccc(C)cc12)C(=O)[O-]. The summed E-state index contributed by atoms with van der Waals surface area (Å²) < 4.78 is 16.7. The van der Waals surface area contributed by atoms with Crippen molar-refractivity contribution in [2.45, 2.75) is 26.3 Å². The molecule has 0 unspecified atom stereocenters. The minimum Gasteiger partial charge on any atom is -0.548 e. The molecule has 0 spiro atoms. The Kier molecular flexibility index (Phi) is 5.68. The fourth-order valence-corrected chi connectivity index (χ4v) is 3.00. The van der Waals surface area contributed by atoms with Gasteiger partial charge in [-0.1, -0.05) is 18.6 Å². The van der Waals surface area contributed by atoms with Crippen molar-refractivity contribution in [3.05, 3.63) is 53.4 Å². The Labute approximate surface area is 163 Å². The van der Waals surface area contributed by atoms with Crippen LogP contribution in [0, 0.1) is 6.92 Å². The Morgan fingerprint density at radius 1 is 1.11 bits per heavy atom. The predicted molar refractivity (Wildman–Crippen MR) is 104 cm³/mol. The van der Waals surface area contributed by atoms with Crippen LogP contribution in [0.3, 0.4) is 0 Å². The molecule has 3 rings (SSSR count). The molecule has 1 aromatic heterocycles. The average molecular weight is 380 g/mol. The van der Waals surface area contributed by atoms with Gasteiger partial charge >= 0.3 is 0 Å². The van der Waals surface area contributed by atoms with Crippen molar-refractivity contribution in [2.24, 2.45) is 4.99 Å². The van der Waals surface area contributed by atoms with Gasteiger partial charge in [0.05, 0.1) is 31.6 Å². The van der Waals surface area contributed by atoms with E-state index in [2.05, 4.69) is 4.99 Å². The van der Waals surface area contributed by atoms with Crippen molar-refractivity contribution in [3.8, 4) is 22.8 Å². The molecule has 6 heteroatoms. The second-order valence-electron chi connectivity index (χ2n) is 6.44. The molecule has 0 saturated carbocycles. The Morgan fingerprint density at radius 3 is 2.50 bits per heavy atom. The number of methoxy groups -OCH3 is 2. The number of hydrogen-bond donors (Lipinski definition) is 0. The van der Waals surface area contributed by atoms with Crippen LogP contribution in [0.25, 0.3) is 22.3 Å². The zero-order valence-corrected chi connectivity index (χ0v) is 16.3. The summed E-state index contributed by atoms with van der Waals surface area (Å²) in [7, 11) is 3.14. The summed E-state index contributed by atoms with van der Waals surface area (Å²) in [4.78, 5) is 15.8. The summed E-state index contributed by atoms with van der Waals surface area (Å²) in [6.45, 7) is 3.72. The molecule has 3 aromatic rings. The highest BCUT2D eigenvalue weighted by Gasteiger charge is 2.12. The first-order valence-electron chi connectivity index (χ1n) is 8.98. The van der Waals surface area contributed by atoms with E-state index in [4.69, 9.17) is 13.9 Å². The number of nitrogens with zero attached hydrogens (tertiary/aromatic N) is 1. The van der Waals surface area contributed by atoms with Crippen LogP contribution in [-0.4, -0.2) is 26.2 Å². The van der Waals surface area contributed by atoms with E-state index in [0.29, 0.717) is 34.6 Å². The van der Waals surface area contributed by atoms with Gasteiger partial charge in [-0.05, 0) is 43.7 Å². The second-order valence-corrected chi connectivity index (χ2v) is 6.44. The van der Waals surface area contributed by atoms with Crippen LogP contribution >= 0.6 is 0 Å². The first-order valence-corrected chi connectivity index (χ1v) is 8.98. The number of carbonyl (C=O) groups excluding carboxylic acids is 1. The number of hydrogen-bond acceptors (Lipinski definition) is 6. The van der Waals surface area contributed by atoms with Gasteiger partial charge in [0.1, 0.15) is 11.3 Å². The fourth-order valence-electron chi connectivity index (χ4n) is 3.00. The minimum absolute atomic E-state index is 0.341. The molecule has 0 aliphatic heterocycles. The van der Waals surface area contributed by atoms with E-state index in [-0.39, 0.29) is 0 Å². The van der Waals surface area contributed by atoms with E-state index in [1.165, 1.54) is 0 Å². The van der Waals surface area contributed by atoms with Gasteiger partial charge in [-0.15, -0.1) is 0 Å². The molecular formula is C22H22NO5-. The topological polar surface area (TPSA) is 84.1 Å². The van der Waals surface area contributed by atoms with Crippen molar-refractivity contribution < 1.29 is 23.8 Å². The summed E-state index contributed by atoms with van der Waals surface area (Å²) in [5.74, 6) is 0.524. The Balaban J connectivity index is 2.27. The predicted octanol–water partition coefficient (Wildman–Crippen LogP) is 2.85. The highest BCUT2D eigenvalue weighted by molar-refractivity contribution is 5.80. The number of benzene rings is 2. The standard InChI is InChI=1S/C22H23NO5/c1-5-16(22(24)25)23-17-12-20(28-18-8-6-13(2)10-15(17)18)14-7-9-19(26-3)21(11-14)27-4/h6-12,16H,5H2,1-4H3,(H,24,25)/p-1/t16-/m0/s1. The van der Waals surface area contributed by atoms with E-state index < -0.39 is 12.0 Å². The lowest BCUT2D eigenvalue weighted by molar-refractivity contribution is -0.307. The maximum absolute atomic E-state index is 11.4. The Morgan fingerprint density at radius 2 is 1.86 bits per heavy atom. The monoisotopic (exact) mass is 380 g/mol. The molecule has 2 aromatic carbocycles. The summed E-state index contributed by atoms with van der Waals surface area (Å²) in [5, 5.41) is 12.7. The normalized spacial score (nSPS) is 12.8. The zero-order valence-electron chi connectivity index (χ0n) is 16.3. The number of aliphatic carboxylic acids is 1. The van der Waals surface area contributed by atoms with Crippen molar-refractivity contribution in [2.75, 3.05) is 14.2 Å². The average Bonchev–Trinajstić information content (AvgIpc) is 2.70. The number of carboxylic acid groups (broad SMARTS) is 1. The van der Waals surface area contributed by atoms with E-state index in [9.17, 15) is 9.90 Å². The second kappa shape index (κ2) is 8.17. The van der Waals surface area contributed by atoms with E-state index >= 15 is 0 Å². The van der Waals surface area contributed by atoms with Crippen LogP contribution in [0.5, 0.6) is 11.5 Å². The molecule has 0 aliphatic rings. The Hall–Kier alpha value is -3.28. The van der Waals surface area contributed by atoms with Crippen LogP contribution in [0.15, 0.2) is 51.9 Å². The van der Waals surface area contributed by atoms with E-state index in [0.717, 1.165) is 16.5 Å². The maximum atomic E-state index is 11.4. The molecule has 6 nitrogen and oxygen atoms in total. The highest BCUT2D eigenvalue weighted by Crippen LogP contribution is 2.32. The van der Waals surface area contributed by atoms with Crippen LogP contribution in [0.1, 0.15) is 18.9 Å². The van der Waals surface area contributed by atoms with Crippen molar-refractivity contribution in [1.29, 1.82) is 0 Å². The number of rotatable bonds is 6. The number of carbonyl (C=O) groups is 1. The highest BCUT2D eigenvalue weighted by atomic mass is 16.5. The zero-order chi connectivity index (χ0) is 20.3. The fraction of sp³-hybridized carbons (Fsp3) is 0.273. The number of fused-ring (bicyclic) bond motifs is 1. The van der Waals surface area contributed by atoms with Crippen molar-refractivity contribution in [1.82, 2.24) is 0 Å². The van der Waals surface area contributed by atoms with E-state index in [1.54, 1.807) is 39.3 Å². The van der Waals surface area contributed by atoms with Gasteiger partial charge in [0.2, 0.25) is 0 Å². The van der Waals surface area contributed by atoms with Crippen molar-refractivity contribution >= 4 is 16.9 Å². The number of carboxylic acids is 1. The summed E-state index contributed by atoms with van der Waals surface area (Å²) in [6, 6.07) is 12.0. The number of aryl methyl sites for hydroxylation is 1. The molecule has 0 fully saturated rings. The summed E-state index contributed by atoms with van der Waals surface area (Å²) >= 11 is 0. The third-order valence-corrected chi connectivity index (χ3v) is 4.52. The molecule has 0 aliphatic carbocycles.